The fourth-order valence-electron chi connectivity index (χ4n) is 2.25. The summed E-state index contributed by atoms with van der Waals surface area (Å²) in [5.41, 5.74) is 0.212. The molecular formula is C13H15BrN2O4. The third kappa shape index (κ3) is 2.99. The Kier molecular flexibility index (Phi) is 4.72. The van der Waals surface area contributed by atoms with Crippen molar-refractivity contribution < 1.29 is 14.5 Å². The van der Waals surface area contributed by atoms with Crippen LogP contribution in [-0.2, 0) is 4.74 Å². The normalized spacial score (nSPS) is 15.9. The van der Waals surface area contributed by atoms with E-state index in [1.165, 1.54) is 12.1 Å². The van der Waals surface area contributed by atoms with Crippen molar-refractivity contribution in [2.45, 2.75) is 18.9 Å². The number of hydrogen-bond donors (Lipinski definition) is 0. The summed E-state index contributed by atoms with van der Waals surface area (Å²) >= 11 is 3.16. The minimum absolute atomic E-state index is 0.101. The summed E-state index contributed by atoms with van der Waals surface area (Å²) in [5, 5.41) is 10.9. The van der Waals surface area contributed by atoms with E-state index in [2.05, 4.69) is 15.9 Å². The number of carbonyl (C=O) groups excluding carboxylic acids is 1. The first-order valence-corrected chi connectivity index (χ1v) is 7.09. The summed E-state index contributed by atoms with van der Waals surface area (Å²) < 4.78 is 5.50. The van der Waals surface area contributed by atoms with Gasteiger partial charge < -0.3 is 9.64 Å². The van der Waals surface area contributed by atoms with Crippen molar-refractivity contribution in [2.75, 3.05) is 20.3 Å². The van der Waals surface area contributed by atoms with Crippen LogP contribution in [0.5, 0.6) is 0 Å². The molecular weight excluding hydrogens is 328 g/mol. The molecule has 108 valence electrons. The first kappa shape index (κ1) is 14.9. The Balaban J connectivity index is 2.24. The molecule has 1 aromatic carbocycles. The maximum atomic E-state index is 12.5. The Morgan fingerprint density at radius 1 is 1.45 bits per heavy atom. The monoisotopic (exact) mass is 342 g/mol. The van der Waals surface area contributed by atoms with E-state index in [4.69, 9.17) is 4.74 Å². The molecule has 1 fully saturated rings. The second-order valence-electron chi connectivity index (χ2n) is 4.66. The van der Waals surface area contributed by atoms with Gasteiger partial charge in [0.1, 0.15) is 4.47 Å². The zero-order chi connectivity index (χ0) is 14.7. The van der Waals surface area contributed by atoms with Gasteiger partial charge in [-0.1, -0.05) is 6.07 Å². The van der Waals surface area contributed by atoms with E-state index in [1.807, 2.05) is 0 Å². The van der Waals surface area contributed by atoms with Crippen molar-refractivity contribution >= 4 is 27.5 Å². The number of hydrogen-bond acceptors (Lipinski definition) is 4. The van der Waals surface area contributed by atoms with E-state index in [-0.39, 0.29) is 22.1 Å². The van der Waals surface area contributed by atoms with Crippen molar-refractivity contribution in [1.29, 1.82) is 0 Å². The van der Waals surface area contributed by atoms with Gasteiger partial charge in [0.2, 0.25) is 0 Å². The number of nitro benzene ring substituents is 1. The van der Waals surface area contributed by atoms with Crippen LogP contribution >= 0.6 is 15.9 Å². The molecule has 0 saturated carbocycles. The first-order chi connectivity index (χ1) is 9.52. The van der Waals surface area contributed by atoms with Gasteiger partial charge in [0, 0.05) is 32.4 Å². The molecule has 0 aliphatic carbocycles. The molecule has 0 spiro atoms. The van der Waals surface area contributed by atoms with Gasteiger partial charge in [-0.15, -0.1) is 0 Å². The van der Waals surface area contributed by atoms with Crippen LogP contribution < -0.4 is 0 Å². The predicted molar refractivity (Wildman–Crippen MR) is 76.7 cm³/mol. The number of nitro groups is 1. The second-order valence-corrected chi connectivity index (χ2v) is 5.45. The first-order valence-electron chi connectivity index (χ1n) is 6.30. The summed E-state index contributed by atoms with van der Waals surface area (Å²) in [6, 6.07) is 4.60. The summed E-state index contributed by atoms with van der Waals surface area (Å²) in [6.45, 7) is 1.27. The number of ether oxygens (including phenoxy) is 1. The van der Waals surface area contributed by atoms with Gasteiger partial charge in [-0.05, 0) is 34.8 Å². The van der Waals surface area contributed by atoms with E-state index in [9.17, 15) is 14.9 Å². The van der Waals surface area contributed by atoms with Crippen LogP contribution in [-0.4, -0.2) is 42.0 Å². The summed E-state index contributed by atoms with van der Waals surface area (Å²) in [5.74, 6) is -0.215. The van der Waals surface area contributed by atoms with Gasteiger partial charge in [-0.25, -0.2) is 0 Å². The van der Waals surface area contributed by atoms with Gasteiger partial charge in [0.15, 0.2) is 0 Å². The molecule has 1 amide bonds. The Bertz CT molecular complexity index is 529. The molecule has 20 heavy (non-hydrogen) atoms. The van der Waals surface area contributed by atoms with Crippen LogP contribution in [0.15, 0.2) is 22.7 Å². The molecule has 1 aromatic rings. The number of halogens is 1. The average molecular weight is 343 g/mol. The Hall–Kier alpha value is -1.47. The quantitative estimate of drug-likeness (QED) is 0.625. The molecule has 1 aliphatic rings. The number of benzene rings is 1. The third-order valence-electron chi connectivity index (χ3n) is 3.46. The van der Waals surface area contributed by atoms with Crippen LogP contribution in [0.2, 0.25) is 0 Å². The second kappa shape index (κ2) is 6.32. The van der Waals surface area contributed by atoms with E-state index < -0.39 is 4.92 Å². The van der Waals surface area contributed by atoms with Gasteiger partial charge in [-0.2, -0.15) is 0 Å². The van der Waals surface area contributed by atoms with Gasteiger partial charge in [-0.3, -0.25) is 14.9 Å². The topological polar surface area (TPSA) is 72.7 Å². The van der Waals surface area contributed by atoms with Crippen LogP contribution in [0, 0.1) is 10.1 Å². The largest absolute Gasteiger partial charge is 0.381 e. The Labute approximate surface area is 125 Å². The molecule has 1 saturated heterocycles. The van der Waals surface area contributed by atoms with E-state index in [1.54, 1.807) is 18.0 Å². The lowest BCUT2D eigenvalue weighted by Gasteiger charge is -2.31. The van der Waals surface area contributed by atoms with E-state index in [0.717, 1.165) is 12.8 Å². The summed E-state index contributed by atoms with van der Waals surface area (Å²) in [4.78, 5) is 24.5. The molecule has 1 heterocycles. The fraction of sp³-hybridized carbons (Fsp3) is 0.462. The van der Waals surface area contributed by atoms with Crippen molar-refractivity contribution in [3.8, 4) is 0 Å². The molecule has 7 heteroatoms. The number of carbonyl (C=O) groups is 1. The van der Waals surface area contributed by atoms with E-state index in [0.29, 0.717) is 18.8 Å². The maximum Gasteiger partial charge on any atom is 0.284 e. The smallest absolute Gasteiger partial charge is 0.284 e. The molecule has 0 atom stereocenters. The van der Waals surface area contributed by atoms with Gasteiger partial charge >= 0.3 is 0 Å². The summed E-state index contributed by atoms with van der Waals surface area (Å²) in [6.07, 6.45) is 1.57. The lowest BCUT2D eigenvalue weighted by molar-refractivity contribution is -0.385. The van der Waals surface area contributed by atoms with Crippen LogP contribution in [0.4, 0.5) is 5.69 Å². The van der Waals surface area contributed by atoms with Crippen molar-refractivity contribution in [3.05, 3.63) is 38.3 Å². The fourth-order valence-corrected chi connectivity index (χ4v) is 2.83. The van der Waals surface area contributed by atoms with Gasteiger partial charge in [0.05, 0.1) is 10.5 Å². The van der Waals surface area contributed by atoms with Gasteiger partial charge in [0.25, 0.3) is 11.6 Å². The predicted octanol–water partition coefficient (Wildman–Crippen LogP) is 2.61. The molecule has 0 radical (unpaired) electrons. The Morgan fingerprint density at radius 3 is 2.70 bits per heavy atom. The highest BCUT2D eigenvalue weighted by Gasteiger charge is 2.27. The highest BCUT2D eigenvalue weighted by Crippen LogP contribution is 2.29. The average Bonchev–Trinajstić information content (AvgIpc) is 2.46. The lowest BCUT2D eigenvalue weighted by atomic mass is 10.1. The van der Waals surface area contributed by atoms with Crippen molar-refractivity contribution in [3.63, 3.8) is 0 Å². The zero-order valence-electron chi connectivity index (χ0n) is 11.0. The lowest BCUT2D eigenvalue weighted by Crippen LogP contribution is -2.40. The van der Waals surface area contributed by atoms with E-state index >= 15 is 0 Å². The highest BCUT2D eigenvalue weighted by atomic mass is 79.9. The third-order valence-corrected chi connectivity index (χ3v) is 4.30. The molecule has 0 unspecified atom stereocenters. The molecule has 2 rings (SSSR count). The molecule has 0 N–H and O–H groups in total. The molecule has 0 bridgehead atoms. The standard InChI is InChI=1S/C13H15BrN2O4/c1-15(9-5-7-20-8-6-9)13(17)10-3-2-4-11(12(10)14)16(18)19/h2-4,9H,5-8H2,1H3. The minimum atomic E-state index is -0.505. The molecule has 6 nitrogen and oxygen atoms in total. The number of amides is 1. The summed E-state index contributed by atoms with van der Waals surface area (Å²) in [7, 11) is 1.73. The molecule has 1 aliphatic heterocycles. The SMILES string of the molecule is CN(C(=O)c1cccc([N+](=O)[O-])c1Br)C1CCOCC1. The Morgan fingerprint density at radius 2 is 2.10 bits per heavy atom. The van der Waals surface area contributed by atoms with Crippen LogP contribution in [0.3, 0.4) is 0 Å². The highest BCUT2D eigenvalue weighted by molar-refractivity contribution is 9.10. The number of nitrogens with zero attached hydrogens (tertiary/aromatic N) is 2. The number of rotatable bonds is 3. The van der Waals surface area contributed by atoms with Crippen LogP contribution in [0.1, 0.15) is 23.2 Å². The minimum Gasteiger partial charge on any atom is -0.381 e. The molecule has 0 aromatic heterocycles. The van der Waals surface area contributed by atoms with Crippen molar-refractivity contribution in [1.82, 2.24) is 4.90 Å². The van der Waals surface area contributed by atoms with Crippen molar-refractivity contribution in [2.24, 2.45) is 0 Å². The maximum absolute atomic E-state index is 12.5. The van der Waals surface area contributed by atoms with Crippen LogP contribution in [0.25, 0.3) is 0 Å². The zero-order valence-corrected chi connectivity index (χ0v) is 12.6.